The molecule has 0 spiro atoms. The third-order valence-corrected chi connectivity index (χ3v) is 17.3. The number of piperazine rings is 1. The Labute approximate surface area is 477 Å². The Morgan fingerprint density at radius 2 is 1.70 bits per heavy atom. The molecule has 8 aromatic rings. The summed E-state index contributed by atoms with van der Waals surface area (Å²) in [7, 11) is 0. The zero-order valence-corrected chi connectivity index (χ0v) is 46.4. The first-order valence-electron chi connectivity index (χ1n) is 28.0. The van der Waals surface area contributed by atoms with E-state index in [1.165, 1.54) is 9.58 Å². The maximum atomic E-state index is 14.6. The molecule has 8 heterocycles. The van der Waals surface area contributed by atoms with E-state index in [0.29, 0.717) is 57.4 Å². The topological polar surface area (TPSA) is 231 Å². The number of nitrogens with one attached hydrogen (secondary N) is 3. The van der Waals surface area contributed by atoms with E-state index < -0.39 is 30.1 Å². The highest BCUT2D eigenvalue weighted by atomic mass is 35.5. The number of carbonyl (C=O) groups is 2. The number of carbonyl (C=O) groups excluding carboxylic acids is 2. The van der Waals surface area contributed by atoms with Gasteiger partial charge in [0.15, 0.2) is 5.75 Å². The zero-order chi connectivity index (χ0) is 55.5. The highest BCUT2D eigenvalue weighted by Crippen LogP contribution is 2.55. The number of rotatable bonds is 17. The summed E-state index contributed by atoms with van der Waals surface area (Å²) in [5.41, 5.74) is 8.50. The molecule has 5 N–H and O–H groups in total. The van der Waals surface area contributed by atoms with Crippen LogP contribution in [0.25, 0.3) is 55.4 Å². The summed E-state index contributed by atoms with van der Waals surface area (Å²) >= 11 is 14.2. The van der Waals surface area contributed by atoms with E-state index in [9.17, 15) is 19.8 Å². The van der Waals surface area contributed by atoms with E-state index in [0.717, 1.165) is 101 Å². The van der Waals surface area contributed by atoms with Crippen LogP contribution in [0.5, 0.6) is 11.8 Å². The van der Waals surface area contributed by atoms with Crippen molar-refractivity contribution in [2.45, 2.75) is 107 Å². The molecule has 21 heteroatoms. The maximum absolute atomic E-state index is 14.6. The fraction of sp³-hybridized carbons (Fsp3) is 0.400. The van der Waals surface area contributed by atoms with Crippen LogP contribution in [0, 0.1) is 5.92 Å². The van der Waals surface area contributed by atoms with E-state index in [4.69, 9.17) is 47.4 Å². The number of nitrogens with zero attached hydrogens (tertiary/aromatic N) is 9. The Morgan fingerprint density at radius 3 is 2.42 bits per heavy atom. The van der Waals surface area contributed by atoms with Gasteiger partial charge < -0.3 is 44.9 Å². The Bertz CT molecular complexity index is 3630. The molecule has 5 fully saturated rings. The Balaban J connectivity index is 0.785. The van der Waals surface area contributed by atoms with Crippen molar-refractivity contribution in [3.8, 4) is 45.4 Å². The molecule has 6 atom stereocenters. The summed E-state index contributed by atoms with van der Waals surface area (Å²) in [6.45, 7) is 6.45. The number of aromatic nitrogens is 8. The predicted octanol–water partition coefficient (Wildman–Crippen LogP) is 8.37. The van der Waals surface area contributed by atoms with Crippen LogP contribution < -0.4 is 25.0 Å². The largest absolute Gasteiger partial charge is 0.486 e. The molecule has 2 amide bonds. The molecule has 19 nitrogen and oxygen atoms in total. The summed E-state index contributed by atoms with van der Waals surface area (Å²) in [5.74, 6) is 0.497. The molecular formula is C60H62Cl2N12O7. The minimum Gasteiger partial charge on any atom is -0.486 e. The number of hydrogen-bond acceptors (Lipinski definition) is 15. The average molecular weight is 1130 g/mol. The lowest BCUT2D eigenvalue weighted by Gasteiger charge is -2.31. The van der Waals surface area contributed by atoms with Gasteiger partial charge in [-0.2, -0.15) is 15.1 Å². The normalized spacial score (nSPS) is 20.9. The summed E-state index contributed by atoms with van der Waals surface area (Å²) in [6.07, 6.45) is 8.73. The third-order valence-electron chi connectivity index (χ3n) is 16.6. The van der Waals surface area contributed by atoms with Crippen molar-refractivity contribution in [2.75, 3.05) is 44.4 Å². The highest BCUT2D eigenvalue weighted by molar-refractivity contribution is 6.45. The van der Waals surface area contributed by atoms with Crippen LogP contribution in [0.15, 0.2) is 97.5 Å². The molecular weight excluding hydrogens is 1070 g/mol. The average Bonchev–Trinajstić information content (AvgIpc) is 4.11. The maximum Gasteiger partial charge on any atom is 0.319 e. The summed E-state index contributed by atoms with van der Waals surface area (Å²) in [5, 5.41) is 46.9. The molecule has 0 radical (unpaired) electrons. The van der Waals surface area contributed by atoms with Crippen molar-refractivity contribution in [2.24, 2.45) is 5.92 Å². The number of H-pyrrole nitrogens is 1. The van der Waals surface area contributed by atoms with Crippen molar-refractivity contribution < 1.29 is 34.0 Å². The second-order valence-corrected chi connectivity index (χ2v) is 23.1. The van der Waals surface area contributed by atoms with Gasteiger partial charge in [0.1, 0.15) is 41.8 Å². The van der Waals surface area contributed by atoms with Crippen molar-refractivity contribution in [3.05, 3.63) is 124 Å². The minimum atomic E-state index is -0.979. The number of pyridine rings is 1. The minimum absolute atomic E-state index is 0.0356. The molecule has 4 aromatic heterocycles. The Morgan fingerprint density at radius 1 is 0.914 bits per heavy atom. The van der Waals surface area contributed by atoms with Gasteiger partial charge in [-0.05, 0) is 72.1 Å². The second kappa shape index (κ2) is 22.2. The summed E-state index contributed by atoms with van der Waals surface area (Å²) < 4.78 is 21.0. The Kier molecular flexibility index (Phi) is 14.6. The first-order valence-corrected chi connectivity index (χ1v) is 28.7. The number of β-amino-alcohol motifs (C(OH)–C–C–N with tert-alkyl or cyclic N) is 1. The lowest BCUT2D eigenvalue weighted by molar-refractivity contribution is -0.142. The highest BCUT2D eigenvalue weighted by Gasteiger charge is 2.44. The van der Waals surface area contributed by atoms with Gasteiger partial charge in [0.25, 0.3) is 0 Å². The van der Waals surface area contributed by atoms with Gasteiger partial charge in [-0.25, -0.2) is 4.68 Å². The standard InChI is InChI=1S/C60H62Cl2N12O7/c1-32(2)55(59(78)73-28-40(76)22-50(73)58(77)66-49(30-75)37-14-12-35(13-15-37)46-5-3-4-18-63-46)74-29-48(70-71-74)36-8-6-33(7-9-36)31-80-56-52(51-44-26-65-69-47(44)24-45(61)53(51)62)42(34-10-11-34)23-43-54(56)67-60(81-41-16-19-79-20-17-41)68-57(43)72-27-38-21-39(72)25-64-38/h3-9,12-15,18,23-24,26,29,32,34,38-41,49-50,55,64,75-76H,10-11,16-17,19-22,25,27-28,30-31H2,1-2H3,(H,65,69)(H,66,77)/t38-,39-,40+,49-,50-,55-/m0/s1. The van der Waals surface area contributed by atoms with E-state index in [1.807, 2.05) is 80.6 Å². The smallest absolute Gasteiger partial charge is 0.319 e. The first-order chi connectivity index (χ1) is 39.5. The first kappa shape index (κ1) is 53.1. The number of aliphatic hydroxyl groups is 2. The van der Waals surface area contributed by atoms with Crippen LogP contribution >= 0.6 is 23.2 Å². The molecule has 1 aliphatic carbocycles. The van der Waals surface area contributed by atoms with Crippen molar-refractivity contribution in [1.82, 2.24) is 55.7 Å². The predicted molar refractivity (Wildman–Crippen MR) is 306 cm³/mol. The fourth-order valence-electron chi connectivity index (χ4n) is 12.2. The molecule has 0 unspecified atom stereocenters. The molecule has 4 aromatic carbocycles. The molecule has 2 bridgehead atoms. The molecule has 1 saturated carbocycles. The zero-order valence-electron chi connectivity index (χ0n) is 44.8. The lowest BCUT2D eigenvalue weighted by Crippen LogP contribution is -2.50. The number of halogens is 2. The molecule has 4 saturated heterocycles. The van der Waals surface area contributed by atoms with Gasteiger partial charge in [0.2, 0.25) is 11.8 Å². The van der Waals surface area contributed by atoms with Crippen LogP contribution in [-0.4, -0.2) is 137 Å². The lowest BCUT2D eigenvalue weighted by atomic mass is 9.91. The van der Waals surface area contributed by atoms with Gasteiger partial charge in [0.05, 0.1) is 65.6 Å². The van der Waals surface area contributed by atoms with Crippen LogP contribution in [0.3, 0.4) is 0 Å². The Hall–Kier alpha value is -7.26. The number of ether oxygens (including phenoxy) is 3. The number of hydrogen-bond donors (Lipinski definition) is 5. The fourth-order valence-corrected chi connectivity index (χ4v) is 12.7. The number of fused-ring (bicyclic) bond motifs is 4. The molecule has 13 rings (SSSR count). The number of likely N-dealkylation sites (tertiary alicyclic amines) is 1. The number of benzene rings is 4. The third kappa shape index (κ3) is 10.4. The van der Waals surface area contributed by atoms with Crippen molar-refractivity contribution in [3.63, 3.8) is 0 Å². The monoisotopic (exact) mass is 1130 g/mol. The van der Waals surface area contributed by atoms with E-state index >= 15 is 0 Å². The summed E-state index contributed by atoms with van der Waals surface area (Å²) in [4.78, 5) is 47.3. The molecule has 5 aliphatic rings. The van der Waals surface area contributed by atoms with Gasteiger partial charge in [0, 0.05) is 90.2 Å². The van der Waals surface area contributed by atoms with Crippen molar-refractivity contribution >= 4 is 62.6 Å². The van der Waals surface area contributed by atoms with E-state index in [-0.39, 0.29) is 62.1 Å². The van der Waals surface area contributed by atoms with Crippen LogP contribution in [0.1, 0.15) is 87.1 Å². The second-order valence-electron chi connectivity index (χ2n) is 22.4. The molecule has 4 aliphatic heterocycles. The molecule has 81 heavy (non-hydrogen) atoms. The van der Waals surface area contributed by atoms with Gasteiger partial charge in [-0.15, -0.1) is 5.10 Å². The van der Waals surface area contributed by atoms with Crippen LogP contribution in [-0.2, 0) is 20.9 Å². The van der Waals surface area contributed by atoms with Crippen molar-refractivity contribution in [1.29, 1.82) is 0 Å². The van der Waals surface area contributed by atoms with Gasteiger partial charge in [-0.3, -0.25) is 19.7 Å². The SMILES string of the molecule is CC(C)[C@@H](C(=O)N1C[C@H](O)C[C@H]1C(=O)N[C@@H](CO)c1ccc(-c2ccccn2)cc1)n1cc(-c2ccc(COc3c(-c4c(Cl)c(Cl)cc5[nH]ncc45)c(C4CC4)cc4c(N5C[C@@H]6C[C@H]5CN6)nc(OC5CCOCC5)nc34)cc2)nn1. The number of amides is 2. The van der Waals surface area contributed by atoms with Crippen LogP contribution in [0.2, 0.25) is 10.0 Å². The summed E-state index contributed by atoms with van der Waals surface area (Å²) in [6, 6.07) is 23.3. The van der Waals surface area contributed by atoms with Crippen LogP contribution in [0.4, 0.5) is 5.82 Å². The van der Waals surface area contributed by atoms with E-state index in [1.54, 1.807) is 24.7 Å². The quantitative estimate of drug-likeness (QED) is 0.0577. The van der Waals surface area contributed by atoms with Gasteiger partial charge >= 0.3 is 6.01 Å². The number of aromatic amines is 1. The molecule has 418 valence electrons. The number of aliphatic hydroxyl groups excluding tert-OH is 2. The van der Waals surface area contributed by atoms with Gasteiger partial charge in [-0.1, -0.05) is 96.9 Å². The van der Waals surface area contributed by atoms with E-state index in [2.05, 4.69) is 47.1 Å². The number of anilines is 1.